The maximum absolute atomic E-state index is 12.1. The Hall–Kier alpha value is -2.34. The van der Waals surface area contributed by atoms with Gasteiger partial charge in [-0.05, 0) is 30.3 Å². The minimum absolute atomic E-state index is 0.0259. The van der Waals surface area contributed by atoms with Crippen LogP contribution < -0.4 is 14.8 Å². The number of para-hydroxylation sites is 1. The van der Waals surface area contributed by atoms with Crippen molar-refractivity contribution in [3.8, 4) is 11.5 Å². The Balaban J connectivity index is 1.90. The topological polar surface area (TPSA) is 47.6 Å². The maximum Gasteiger partial charge on any atom is 0.387 e. The summed E-state index contributed by atoms with van der Waals surface area (Å²) in [4.78, 5) is 11.7. The zero-order chi connectivity index (χ0) is 15.9. The van der Waals surface area contributed by atoms with E-state index in [2.05, 4.69) is 10.1 Å². The lowest BCUT2D eigenvalue weighted by Crippen LogP contribution is -2.20. The summed E-state index contributed by atoms with van der Waals surface area (Å²) in [6.07, 6.45) is 0. The number of alkyl halides is 2. The van der Waals surface area contributed by atoms with E-state index >= 15 is 0 Å². The molecule has 0 bridgehead atoms. The van der Waals surface area contributed by atoms with Gasteiger partial charge in [0.15, 0.2) is 6.61 Å². The number of hydrogen-bond acceptors (Lipinski definition) is 3. The van der Waals surface area contributed by atoms with Crippen molar-refractivity contribution in [3.63, 3.8) is 0 Å². The molecule has 0 saturated carbocycles. The van der Waals surface area contributed by atoms with E-state index in [9.17, 15) is 13.6 Å². The predicted molar refractivity (Wildman–Crippen MR) is 78.7 cm³/mol. The van der Waals surface area contributed by atoms with Crippen molar-refractivity contribution in [1.82, 2.24) is 0 Å². The molecule has 7 heteroatoms. The first-order valence-corrected chi connectivity index (χ1v) is 6.64. The van der Waals surface area contributed by atoms with Gasteiger partial charge in [0, 0.05) is 5.69 Å². The van der Waals surface area contributed by atoms with Gasteiger partial charge in [-0.15, -0.1) is 0 Å². The summed E-state index contributed by atoms with van der Waals surface area (Å²) < 4.78 is 33.7. The molecule has 1 amide bonds. The fourth-order valence-corrected chi connectivity index (χ4v) is 1.86. The summed E-state index contributed by atoms with van der Waals surface area (Å²) in [5, 5.41) is 2.52. The number of halogens is 3. The molecule has 0 unspecified atom stereocenters. The summed E-state index contributed by atoms with van der Waals surface area (Å²) in [6, 6.07) is 12.8. The molecule has 0 aliphatic rings. The van der Waals surface area contributed by atoms with Crippen molar-refractivity contribution in [2.45, 2.75) is 6.61 Å². The van der Waals surface area contributed by atoms with Gasteiger partial charge in [-0.25, -0.2) is 0 Å². The van der Waals surface area contributed by atoms with Crippen LogP contribution in [-0.4, -0.2) is 19.1 Å². The number of ether oxygens (including phenoxy) is 2. The van der Waals surface area contributed by atoms with E-state index in [1.165, 1.54) is 18.2 Å². The molecule has 0 fully saturated rings. The van der Waals surface area contributed by atoms with Crippen molar-refractivity contribution in [2.24, 2.45) is 0 Å². The number of rotatable bonds is 6. The highest BCUT2D eigenvalue weighted by molar-refractivity contribution is 6.32. The molecule has 2 rings (SSSR count). The van der Waals surface area contributed by atoms with Crippen LogP contribution in [0.1, 0.15) is 0 Å². The molecule has 4 nitrogen and oxygen atoms in total. The Kier molecular flexibility index (Phi) is 5.55. The van der Waals surface area contributed by atoms with Crippen molar-refractivity contribution < 1.29 is 23.0 Å². The fourth-order valence-electron chi connectivity index (χ4n) is 1.63. The molecule has 2 aromatic carbocycles. The largest absolute Gasteiger partial charge is 0.484 e. The second kappa shape index (κ2) is 7.61. The first-order valence-electron chi connectivity index (χ1n) is 6.26. The van der Waals surface area contributed by atoms with E-state index in [0.29, 0.717) is 11.4 Å². The number of carbonyl (C=O) groups excluding carboxylic acids is 1. The number of anilines is 1. The molecule has 1 N–H and O–H groups in total. The summed E-state index contributed by atoms with van der Waals surface area (Å²) in [7, 11) is 0. The van der Waals surface area contributed by atoms with Gasteiger partial charge in [-0.2, -0.15) is 8.78 Å². The minimum atomic E-state index is -2.96. The van der Waals surface area contributed by atoms with Crippen LogP contribution in [0.25, 0.3) is 0 Å². The maximum atomic E-state index is 12.1. The first-order chi connectivity index (χ1) is 10.5. The van der Waals surface area contributed by atoms with Crippen molar-refractivity contribution in [3.05, 3.63) is 53.6 Å². The highest BCUT2D eigenvalue weighted by atomic mass is 35.5. The third kappa shape index (κ3) is 4.89. The van der Waals surface area contributed by atoms with Gasteiger partial charge in [0.2, 0.25) is 0 Å². The van der Waals surface area contributed by atoms with E-state index in [0.717, 1.165) is 0 Å². The predicted octanol–water partition coefficient (Wildman–Crippen LogP) is 3.96. The van der Waals surface area contributed by atoms with Gasteiger partial charge in [-0.1, -0.05) is 29.8 Å². The number of amides is 1. The lowest BCUT2D eigenvalue weighted by molar-refractivity contribution is -0.118. The molecule has 116 valence electrons. The zero-order valence-electron chi connectivity index (χ0n) is 11.3. The second-order valence-corrected chi connectivity index (χ2v) is 4.58. The highest BCUT2D eigenvalue weighted by Crippen LogP contribution is 2.28. The Morgan fingerprint density at radius 2 is 1.91 bits per heavy atom. The third-order valence-electron chi connectivity index (χ3n) is 2.54. The second-order valence-electron chi connectivity index (χ2n) is 4.17. The van der Waals surface area contributed by atoms with E-state index in [-0.39, 0.29) is 17.4 Å². The van der Waals surface area contributed by atoms with Crippen LogP contribution in [0.3, 0.4) is 0 Å². The normalized spacial score (nSPS) is 10.4. The van der Waals surface area contributed by atoms with Crippen LogP contribution in [-0.2, 0) is 4.79 Å². The van der Waals surface area contributed by atoms with Crippen LogP contribution in [0.2, 0.25) is 5.02 Å². The molecule has 0 aliphatic heterocycles. The lowest BCUT2D eigenvalue weighted by Gasteiger charge is -2.10. The standard InChI is InChI=1S/C15H12ClF2NO3/c16-12-8-10(6-7-13(12)22-15(17)18)19-14(20)9-21-11-4-2-1-3-5-11/h1-8,15H,9H2,(H,19,20). The van der Waals surface area contributed by atoms with E-state index in [1.807, 2.05) is 6.07 Å². The van der Waals surface area contributed by atoms with Gasteiger partial charge in [-0.3, -0.25) is 4.79 Å². The molecule has 0 spiro atoms. The van der Waals surface area contributed by atoms with Crippen LogP contribution in [0.5, 0.6) is 11.5 Å². The smallest absolute Gasteiger partial charge is 0.387 e. The molecule has 0 saturated heterocycles. The number of nitrogens with one attached hydrogen (secondary N) is 1. The Labute approximate surface area is 130 Å². The van der Waals surface area contributed by atoms with Crippen molar-refractivity contribution in [2.75, 3.05) is 11.9 Å². The summed E-state index contributed by atoms with van der Waals surface area (Å²) in [6.45, 7) is -3.14. The number of carbonyl (C=O) groups is 1. The fraction of sp³-hybridized carbons (Fsp3) is 0.133. The van der Waals surface area contributed by atoms with Gasteiger partial charge in [0.05, 0.1) is 5.02 Å². The Bertz CT molecular complexity index is 638. The van der Waals surface area contributed by atoms with Crippen LogP contribution in [0.4, 0.5) is 14.5 Å². The van der Waals surface area contributed by atoms with Crippen LogP contribution in [0, 0.1) is 0 Å². The molecule has 22 heavy (non-hydrogen) atoms. The summed E-state index contributed by atoms with van der Waals surface area (Å²) in [5.74, 6) is 0.00835. The molecular formula is C15H12ClF2NO3. The van der Waals surface area contributed by atoms with E-state index in [1.54, 1.807) is 24.3 Å². The molecule has 0 aromatic heterocycles. The average Bonchev–Trinajstić information content (AvgIpc) is 2.49. The van der Waals surface area contributed by atoms with Gasteiger partial charge in [0.1, 0.15) is 11.5 Å². The van der Waals surface area contributed by atoms with Gasteiger partial charge >= 0.3 is 6.61 Å². The number of hydrogen-bond donors (Lipinski definition) is 1. The molecule has 0 aliphatic carbocycles. The Morgan fingerprint density at radius 3 is 2.55 bits per heavy atom. The van der Waals surface area contributed by atoms with Crippen molar-refractivity contribution in [1.29, 1.82) is 0 Å². The minimum Gasteiger partial charge on any atom is -0.484 e. The summed E-state index contributed by atoms with van der Waals surface area (Å²) >= 11 is 5.79. The molecule has 0 heterocycles. The monoisotopic (exact) mass is 327 g/mol. The van der Waals surface area contributed by atoms with Crippen LogP contribution >= 0.6 is 11.6 Å². The van der Waals surface area contributed by atoms with Crippen LogP contribution in [0.15, 0.2) is 48.5 Å². The van der Waals surface area contributed by atoms with Gasteiger partial charge < -0.3 is 14.8 Å². The summed E-state index contributed by atoms with van der Waals surface area (Å²) in [5.41, 5.74) is 0.355. The van der Waals surface area contributed by atoms with E-state index < -0.39 is 12.5 Å². The van der Waals surface area contributed by atoms with E-state index in [4.69, 9.17) is 16.3 Å². The quantitative estimate of drug-likeness (QED) is 0.873. The molecule has 2 aromatic rings. The van der Waals surface area contributed by atoms with Gasteiger partial charge in [0.25, 0.3) is 5.91 Å². The first kappa shape index (κ1) is 16.0. The number of benzene rings is 2. The SMILES string of the molecule is O=C(COc1ccccc1)Nc1ccc(OC(F)F)c(Cl)c1. The third-order valence-corrected chi connectivity index (χ3v) is 2.84. The van der Waals surface area contributed by atoms with Crippen molar-refractivity contribution >= 4 is 23.2 Å². The average molecular weight is 328 g/mol. The molecule has 0 radical (unpaired) electrons. The Morgan fingerprint density at radius 1 is 1.18 bits per heavy atom. The highest BCUT2D eigenvalue weighted by Gasteiger charge is 2.10. The molecule has 0 atom stereocenters. The molecular weight excluding hydrogens is 316 g/mol. The zero-order valence-corrected chi connectivity index (χ0v) is 12.0. The lowest BCUT2D eigenvalue weighted by atomic mass is 10.3.